The average Bonchev–Trinajstić information content (AvgIpc) is 2.63. The van der Waals surface area contributed by atoms with Gasteiger partial charge in [0, 0.05) is 0 Å². The molecule has 0 aromatic rings. The molecule has 0 atom stereocenters. The minimum atomic E-state index is 1.22. The molecule has 0 amide bonds. The Kier molecular flexibility index (Phi) is 22.0. The van der Waals surface area contributed by atoms with E-state index in [1.165, 1.54) is 103 Å². The first kappa shape index (κ1) is 24.0. The van der Waals surface area contributed by atoms with E-state index in [1.54, 1.807) is 6.08 Å². The molecule has 0 heterocycles. The second-order valence-corrected chi connectivity index (χ2v) is 7.17. The highest BCUT2D eigenvalue weighted by Crippen LogP contribution is 2.13. The van der Waals surface area contributed by atoms with Crippen molar-refractivity contribution in [1.29, 1.82) is 0 Å². The fourth-order valence-electron chi connectivity index (χ4n) is 3.08. The summed E-state index contributed by atoms with van der Waals surface area (Å²) in [7, 11) is 0. The quantitative estimate of drug-likeness (QED) is 0.162. The standard InChI is InChI=1S/C25H44/c1-3-5-7-9-11-13-15-17-19-21-23-25-24-22-20-18-16-14-12-10-8-6-4-2/h3,5,7,9,11,13,15H,1,4,6,8,10,12,14,16-25H2,2H3. The Morgan fingerprint density at radius 3 is 1.36 bits per heavy atom. The van der Waals surface area contributed by atoms with Crippen molar-refractivity contribution in [3.63, 3.8) is 0 Å². The Labute approximate surface area is 159 Å². The molecule has 0 heteroatoms. The second kappa shape index (κ2) is 23.0. The van der Waals surface area contributed by atoms with Crippen LogP contribution >= 0.6 is 0 Å². The Hall–Kier alpha value is -1.04. The smallest absolute Gasteiger partial charge is 0.0348 e. The van der Waals surface area contributed by atoms with Gasteiger partial charge >= 0.3 is 0 Å². The molecule has 0 unspecified atom stereocenters. The third-order valence-corrected chi connectivity index (χ3v) is 4.69. The average molecular weight is 345 g/mol. The van der Waals surface area contributed by atoms with Crippen LogP contribution in [0.1, 0.15) is 110 Å². The molecule has 0 radical (unpaired) electrons. The van der Waals surface area contributed by atoms with E-state index in [-0.39, 0.29) is 0 Å². The first-order valence-corrected chi connectivity index (χ1v) is 11.0. The summed E-state index contributed by atoms with van der Waals surface area (Å²) in [5.74, 6) is 0. The van der Waals surface area contributed by atoms with Crippen LogP contribution in [0.15, 0.2) is 49.1 Å². The van der Waals surface area contributed by atoms with E-state index < -0.39 is 0 Å². The molecule has 0 aromatic carbocycles. The molecular weight excluding hydrogens is 300 g/mol. The topological polar surface area (TPSA) is 0 Å². The normalized spacial score (nSPS) is 12.0. The number of allylic oxidation sites excluding steroid dienone is 7. The fourth-order valence-corrected chi connectivity index (χ4v) is 3.08. The summed E-state index contributed by atoms with van der Waals surface area (Å²) in [5.41, 5.74) is 0. The lowest BCUT2D eigenvalue weighted by Gasteiger charge is -2.03. The summed E-state index contributed by atoms with van der Waals surface area (Å²) in [4.78, 5) is 0. The minimum Gasteiger partial charge on any atom is -0.0991 e. The molecule has 144 valence electrons. The summed E-state index contributed by atoms with van der Waals surface area (Å²) in [6.45, 7) is 5.94. The van der Waals surface area contributed by atoms with Crippen LogP contribution in [-0.2, 0) is 0 Å². The first-order chi connectivity index (χ1) is 12.4. The first-order valence-electron chi connectivity index (χ1n) is 11.0. The van der Waals surface area contributed by atoms with Gasteiger partial charge in [-0.05, 0) is 12.8 Å². The van der Waals surface area contributed by atoms with Gasteiger partial charge in [-0.15, -0.1) is 0 Å². The monoisotopic (exact) mass is 344 g/mol. The summed E-state index contributed by atoms with van der Waals surface area (Å²) in [6, 6.07) is 0. The van der Waals surface area contributed by atoms with Crippen LogP contribution in [-0.4, -0.2) is 0 Å². The molecule has 0 aliphatic heterocycles. The molecule has 0 saturated heterocycles. The maximum absolute atomic E-state index is 3.64. The van der Waals surface area contributed by atoms with Crippen molar-refractivity contribution in [3.05, 3.63) is 49.1 Å². The van der Waals surface area contributed by atoms with Crippen LogP contribution in [0.2, 0.25) is 0 Å². The maximum atomic E-state index is 3.64. The summed E-state index contributed by atoms with van der Waals surface area (Å²) in [5, 5.41) is 0. The summed E-state index contributed by atoms with van der Waals surface area (Å²) >= 11 is 0. The minimum absolute atomic E-state index is 1.22. The van der Waals surface area contributed by atoms with Crippen molar-refractivity contribution >= 4 is 0 Å². The van der Waals surface area contributed by atoms with Crippen molar-refractivity contribution in [2.45, 2.75) is 110 Å². The molecule has 0 nitrogen and oxygen atoms in total. The Morgan fingerprint density at radius 2 is 0.880 bits per heavy atom. The molecular formula is C25H44. The number of hydrogen-bond acceptors (Lipinski definition) is 0. The lowest BCUT2D eigenvalue weighted by Crippen LogP contribution is -1.83. The van der Waals surface area contributed by atoms with Crippen LogP contribution in [0, 0.1) is 0 Å². The van der Waals surface area contributed by atoms with Gasteiger partial charge in [0.05, 0.1) is 0 Å². The van der Waals surface area contributed by atoms with Gasteiger partial charge in [-0.25, -0.2) is 0 Å². The van der Waals surface area contributed by atoms with Crippen LogP contribution in [0.3, 0.4) is 0 Å². The zero-order valence-electron chi connectivity index (χ0n) is 17.1. The molecule has 0 aliphatic rings. The van der Waals surface area contributed by atoms with E-state index in [2.05, 4.69) is 31.7 Å². The molecule has 0 bridgehead atoms. The molecule has 0 fully saturated rings. The molecule has 0 aliphatic carbocycles. The molecule has 0 aromatic heterocycles. The zero-order valence-corrected chi connectivity index (χ0v) is 17.1. The predicted octanol–water partition coefficient (Wildman–Crippen LogP) is 9.10. The summed E-state index contributed by atoms with van der Waals surface area (Å²) in [6.07, 6.45) is 37.1. The molecule has 0 N–H and O–H groups in total. The molecule has 0 saturated carbocycles. The number of rotatable bonds is 19. The van der Waals surface area contributed by atoms with Gasteiger partial charge in [0.2, 0.25) is 0 Å². The third kappa shape index (κ3) is 23.0. The van der Waals surface area contributed by atoms with Crippen LogP contribution in [0.25, 0.3) is 0 Å². The van der Waals surface area contributed by atoms with Crippen molar-refractivity contribution in [2.24, 2.45) is 0 Å². The van der Waals surface area contributed by atoms with Gasteiger partial charge in [-0.2, -0.15) is 0 Å². The fraction of sp³-hybridized carbons (Fsp3) is 0.680. The number of unbranched alkanes of at least 4 members (excludes halogenated alkanes) is 15. The Morgan fingerprint density at radius 1 is 0.480 bits per heavy atom. The maximum Gasteiger partial charge on any atom is -0.0348 e. The van der Waals surface area contributed by atoms with Crippen LogP contribution < -0.4 is 0 Å². The lowest BCUT2D eigenvalue weighted by atomic mass is 10.0. The van der Waals surface area contributed by atoms with Gasteiger partial charge in [-0.1, -0.05) is 146 Å². The second-order valence-electron chi connectivity index (χ2n) is 7.17. The predicted molar refractivity (Wildman–Crippen MR) is 117 cm³/mol. The Balaban J connectivity index is 3.11. The van der Waals surface area contributed by atoms with Gasteiger partial charge < -0.3 is 0 Å². The molecule has 0 spiro atoms. The van der Waals surface area contributed by atoms with E-state index >= 15 is 0 Å². The molecule has 0 rings (SSSR count). The highest BCUT2D eigenvalue weighted by molar-refractivity contribution is 5.14. The van der Waals surface area contributed by atoms with Crippen LogP contribution in [0.5, 0.6) is 0 Å². The Bertz CT molecular complexity index is 332. The van der Waals surface area contributed by atoms with E-state index in [9.17, 15) is 0 Å². The summed E-state index contributed by atoms with van der Waals surface area (Å²) < 4.78 is 0. The lowest BCUT2D eigenvalue weighted by molar-refractivity contribution is 0.533. The van der Waals surface area contributed by atoms with Crippen molar-refractivity contribution in [2.75, 3.05) is 0 Å². The van der Waals surface area contributed by atoms with Crippen LogP contribution in [0.4, 0.5) is 0 Å². The molecule has 25 heavy (non-hydrogen) atoms. The van der Waals surface area contributed by atoms with Gasteiger partial charge in [0.15, 0.2) is 0 Å². The highest BCUT2D eigenvalue weighted by Gasteiger charge is 1.93. The van der Waals surface area contributed by atoms with Gasteiger partial charge in [0.25, 0.3) is 0 Å². The van der Waals surface area contributed by atoms with E-state index in [4.69, 9.17) is 0 Å². The third-order valence-electron chi connectivity index (χ3n) is 4.69. The highest BCUT2D eigenvalue weighted by atomic mass is 14.0. The largest absolute Gasteiger partial charge is 0.0991 e. The van der Waals surface area contributed by atoms with Crippen molar-refractivity contribution in [3.8, 4) is 0 Å². The van der Waals surface area contributed by atoms with E-state index in [0.29, 0.717) is 0 Å². The van der Waals surface area contributed by atoms with E-state index in [1.807, 2.05) is 18.2 Å². The van der Waals surface area contributed by atoms with Gasteiger partial charge in [0.1, 0.15) is 0 Å². The van der Waals surface area contributed by atoms with Crippen molar-refractivity contribution in [1.82, 2.24) is 0 Å². The zero-order chi connectivity index (χ0) is 18.3. The van der Waals surface area contributed by atoms with Crippen molar-refractivity contribution < 1.29 is 0 Å². The SMILES string of the molecule is C=CC=CC=CC=CCCCCCCCCCCCCCCCCC. The number of hydrogen-bond donors (Lipinski definition) is 0. The van der Waals surface area contributed by atoms with Gasteiger partial charge in [-0.3, -0.25) is 0 Å². The van der Waals surface area contributed by atoms with E-state index in [0.717, 1.165) is 0 Å².